The summed E-state index contributed by atoms with van der Waals surface area (Å²) in [6.45, 7) is 1.93. The second kappa shape index (κ2) is 8.57. The first-order valence-corrected chi connectivity index (χ1v) is 11.1. The molecule has 1 saturated carbocycles. The molecule has 1 aliphatic carbocycles. The number of aromatic nitrogens is 1. The van der Waals surface area contributed by atoms with Crippen molar-refractivity contribution in [3.8, 4) is 6.07 Å². The second-order valence-electron chi connectivity index (χ2n) is 7.46. The number of amides is 1. The van der Waals surface area contributed by atoms with Gasteiger partial charge in [-0.25, -0.2) is 0 Å². The van der Waals surface area contributed by atoms with Gasteiger partial charge in [0.1, 0.15) is 17.5 Å². The molecule has 4 unspecified atom stereocenters. The van der Waals surface area contributed by atoms with E-state index in [1.165, 1.54) is 16.3 Å². The molecule has 1 saturated heterocycles. The smallest absolute Gasteiger partial charge is 0.275 e. The fourth-order valence-electron chi connectivity index (χ4n) is 4.20. The van der Waals surface area contributed by atoms with Crippen LogP contribution in [-0.4, -0.2) is 34.2 Å². The van der Waals surface area contributed by atoms with Crippen LogP contribution in [0.2, 0.25) is 0 Å². The van der Waals surface area contributed by atoms with E-state index in [1.807, 2.05) is 13.2 Å². The molecule has 2 heterocycles. The molecular formula is C19H25ClN4O2S. The van der Waals surface area contributed by atoms with Crippen molar-refractivity contribution >= 4 is 35.0 Å². The van der Waals surface area contributed by atoms with Crippen LogP contribution in [0.3, 0.4) is 0 Å². The Balaban J connectivity index is 1.76. The molecule has 1 aliphatic heterocycles. The number of halogens is 1. The molecule has 8 heteroatoms. The SMILES string of the molecule is CSCn1c(C#N)ccc(N[C@@H](C)C2CC3CC(Cl)CCC3NC2=O)c1=O. The summed E-state index contributed by atoms with van der Waals surface area (Å²) in [5.74, 6) is 0.637. The van der Waals surface area contributed by atoms with Crippen LogP contribution in [0, 0.1) is 23.2 Å². The number of hydrogen-bond donors (Lipinski definition) is 2. The lowest BCUT2D eigenvalue weighted by Gasteiger charge is -2.42. The molecule has 27 heavy (non-hydrogen) atoms. The molecule has 1 aromatic heterocycles. The van der Waals surface area contributed by atoms with Crippen molar-refractivity contribution in [3.05, 3.63) is 28.2 Å². The van der Waals surface area contributed by atoms with E-state index in [-0.39, 0.29) is 34.8 Å². The van der Waals surface area contributed by atoms with Crippen LogP contribution >= 0.6 is 23.4 Å². The number of carbonyl (C=O) groups is 1. The molecular weight excluding hydrogens is 384 g/mol. The van der Waals surface area contributed by atoms with E-state index in [1.54, 1.807) is 12.1 Å². The van der Waals surface area contributed by atoms with Crippen LogP contribution in [0.5, 0.6) is 0 Å². The van der Waals surface area contributed by atoms with Crippen LogP contribution in [0.1, 0.15) is 38.3 Å². The zero-order valence-electron chi connectivity index (χ0n) is 15.6. The molecule has 0 spiro atoms. The summed E-state index contributed by atoms with van der Waals surface area (Å²) >= 11 is 7.80. The first kappa shape index (κ1) is 20.1. The average molecular weight is 409 g/mol. The topological polar surface area (TPSA) is 86.9 Å². The van der Waals surface area contributed by atoms with E-state index in [0.717, 1.165) is 25.7 Å². The zero-order chi connectivity index (χ0) is 19.6. The summed E-state index contributed by atoms with van der Waals surface area (Å²) in [5.41, 5.74) is 0.522. The minimum Gasteiger partial charge on any atom is -0.377 e. The van der Waals surface area contributed by atoms with E-state index >= 15 is 0 Å². The molecule has 3 rings (SSSR count). The molecule has 0 aromatic carbocycles. The number of rotatable bonds is 5. The summed E-state index contributed by atoms with van der Waals surface area (Å²) in [5, 5.41) is 15.8. The molecule has 5 atom stereocenters. The quantitative estimate of drug-likeness (QED) is 0.731. The number of pyridine rings is 1. The van der Waals surface area contributed by atoms with Crippen molar-refractivity contribution in [3.63, 3.8) is 0 Å². The average Bonchev–Trinajstić information content (AvgIpc) is 2.65. The lowest BCUT2D eigenvalue weighted by molar-refractivity contribution is -0.130. The minimum absolute atomic E-state index is 0.0438. The Morgan fingerprint density at radius 2 is 2.19 bits per heavy atom. The van der Waals surface area contributed by atoms with E-state index < -0.39 is 0 Å². The second-order valence-corrected chi connectivity index (χ2v) is 8.91. The number of carbonyl (C=O) groups excluding carboxylic acids is 1. The van der Waals surface area contributed by atoms with E-state index in [9.17, 15) is 14.9 Å². The van der Waals surface area contributed by atoms with Gasteiger partial charge in [0.2, 0.25) is 5.91 Å². The number of anilines is 1. The summed E-state index contributed by atoms with van der Waals surface area (Å²) in [6.07, 6.45) is 5.47. The molecule has 6 nitrogen and oxygen atoms in total. The van der Waals surface area contributed by atoms with Gasteiger partial charge in [0.05, 0.1) is 11.8 Å². The van der Waals surface area contributed by atoms with Crippen LogP contribution in [0.25, 0.3) is 0 Å². The van der Waals surface area contributed by atoms with Gasteiger partial charge >= 0.3 is 0 Å². The maximum atomic E-state index is 12.7. The highest BCUT2D eigenvalue weighted by atomic mass is 35.5. The first-order valence-electron chi connectivity index (χ1n) is 9.28. The van der Waals surface area contributed by atoms with Gasteiger partial charge in [-0.15, -0.1) is 23.4 Å². The maximum absolute atomic E-state index is 12.7. The number of fused-ring (bicyclic) bond motifs is 1. The Labute approximate surface area is 168 Å². The Bertz CT molecular complexity index is 806. The van der Waals surface area contributed by atoms with Gasteiger partial charge in [0, 0.05) is 17.5 Å². The van der Waals surface area contributed by atoms with Gasteiger partial charge in [0.15, 0.2) is 0 Å². The largest absolute Gasteiger partial charge is 0.377 e. The summed E-state index contributed by atoms with van der Waals surface area (Å²) < 4.78 is 1.45. The van der Waals surface area contributed by atoms with Gasteiger partial charge < -0.3 is 10.6 Å². The number of hydrogen-bond acceptors (Lipinski definition) is 5. The molecule has 146 valence electrons. The number of thioether (sulfide) groups is 1. The van der Waals surface area contributed by atoms with Gasteiger partial charge in [-0.05, 0) is 56.9 Å². The normalized spacial score (nSPS) is 28.6. The van der Waals surface area contributed by atoms with E-state index in [2.05, 4.69) is 16.7 Å². The maximum Gasteiger partial charge on any atom is 0.275 e. The highest BCUT2D eigenvalue weighted by molar-refractivity contribution is 7.97. The van der Waals surface area contributed by atoms with Crippen molar-refractivity contribution in [1.29, 1.82) is 5.26 Å². The van der Waals surface area contributed by atoms with Gasteiger partial charge in [0.25, 0.3) is 5.56 Å². The molecule has 1 amide bonds. The molecule has 0 radical (unpaired) electrons. The summed E-state index contributed by atoms with van der Waals surface area (Å²) in [4.78, 5) is 25.3. The Morgan fingerprint density at radius 3 is 2.89 bits per heavy atom. The number of alkyl halides is 1. The van der Waals surface area contributed by atoms with Crippen molar-refractivity contribution in [2.24, 2.45) is 11.8 Å². The highest BCUT2D eigenvalue weighted by Crippen LogP contribution is 2.36. The van der Waals surface area contributed by atoms with Crippen molar-refractivity contribution in [1.82, 2.24) is 9.88 Å². The van der Waals surface area contributed by atoms with Gasteiger partial charge in [-0.1, -0.05) is 0 Å². The Morgan fingerprint density at radius 1 is 1.41 bits per heavy atom. The first-order chi connectivity index (χ1) is 12.9. The van der Waals surface area contributed by atoms with Crippen LogP contribution in [-0.2, 0) is 10.7 Å². The van der Waals surface area contributed by atoms with Crippen molar-refractivity contribution in [2.75, 3.05) is 11.6 Å². The predicted molar refractivity (Wildman–Crippen MR) is 109 cm³/mol. The number of nitriles is 1. The third-order valence-corrected chi connectivity index (χ3v) is 6.59. The van der Waals surface area contributed by atoms with Crippen LogP contribution < -0.4 is 16.2 Å². The fraction of sp³-hybridized carbons (Fsp3) is 0.632. The lowest BCUT2D eigenvalue weighted by Crippen LogP contribution is -2.55. The number of nitrogens with zero attached hydrogens (tertiary/aromatic N) is 2. The molecule has 1 aromatic rings. The third kappa shape index (κ3) is 4.27. The molecule has 2 N–H and O–H groups in total. The van der Waals surface area contributed by atoms with Gasteiger partial charge in [-0.2, -0.15) is 5.26 Å². The highest BCUT2D eigenvalue weighted by Gasteiger charge is 2.41. The Kier molecular flexibility index (Phi) is 6.38. The number of nitrogens with one attached hydrogen (secondary N) is 2. The number of piperidine rings is 1. The Hall–Kier alpha value is -1.65. The third-order valence-electron chi connectivity index (χ3n) is 5.67. The van der Waals surface area contributed by atoms with Crippen molar-refractivity contribution in [2.45, 2.75) is 55.9 Å². The predicted octanol–water partition coefficient (Wildman–Crippen LogP) is 2.75. The van der Waals surface area contributed by atoms with E-state index in [4.69, 9.17) is 11.6 Å². The zero-order valence-corrected chi connectivity index (χ0v) is 17.1. The summed E-state index contributed by atoms with van der Waals surface area (Å²) in [6, 6.07) is 5.36. The molecule has 2 aliphatic rings. The van der Waals surface area contributed by atoms with Crippen LogP contribution in [0.4, 0.5) is 5.69 Å². The lowest BCUT2D eigenvalue weighted by atomic mass is 9.74. The van der Waals surface area contributed by atoms with Crippen molar-refractivity contribution < 1.29 is 4.79 Å². The summed E-state index contributed by atoms with van der Waals surface area (Å²) in [7, 11) is 0. The standard InChI is InChI=1S/C19H25ClN4O2S/c1-11(15-8-12-7-13(20)3-5-16(12)23-18(15)25)22-17-6-4-14(9-21)24(10-27-2)19(17)26/h4,6,11-13,15-16,22H,3,5,7-8,10H2,1-2H3,(H,23,25)/t11-,12?,13?,15?,16?/m0/s1. The van der Waals surface area contributed by atoms with E-state index in [0.29, 0.717) is 23.2 Å². The molecule has 0 bridgehead atoms. The van der Waals surface area contributed by atoms with Gasteiger partial charge in [-0.3, -0.25) is 14.2 Å². The monoisotopic (exact) mass is 408 g/mol. The molecule has 2 fully saturated rings. The minimum atomic E-state index is -0.233. The fourth-order valence-corrected chi connectivity index (χ4v) is 5.07. The van der Waals surface area contributed by atoms with Crippen LogP contribution in [0.15, 0.2) is 16.9 Å².